The molecule has 0 fully saturated rings. The first kappa shape index (κ1) is 18.3. The van der Waals surface area contributed by atoms with Gasteiger partial charge in [-0.25, -0.2) is 5.43 Å². The lowest BCUT2D eigenvalue weighted by atomic mass is 10.2. The molecule has 0 atom stereocenters. The molecule has 1 N–H and O–H groups in total. The molecule has 24 heavy (non-hydrogen) atoms. The Morgan fingerprint density at radius 2 is 2.04 bits per heavy atom. The van der Waals surface area contributed by atoms with E-state index in [1.165, 1.54) is 13.2 Å². The van der Waals surface area contributed by atoms with Gasteiger partial charge in [-0.05, 0) is 48.0 Å². The topological polar surface area (TPSA) is 59.9 Å². The van der Waals surface area contributed by atoms with E-state index in [4.69, 9.17) is 21.1 Å². The van der Waals surface area contributed by atoms with Crippen LogP contribution in [0.1, 0.15) is 15.9 Å². The summed E-state index contributed by atoms with van der Waals surface area (Å²) >= 11 is 9.30. The van der Waals surface area contributed by atoms with Crippen LogP contribution in [0.3, 0.4) is 0 Å². The number of amides is 1. The highest BCUT2D eigenvalue weighted by Gasteiger charge is 2.08. The zero-order chi connectivity index (χ0) is 17.4. The van der Waals surface area contributed by atoms with E-state index < -0.39 is 0 Å². The molecule has 2 rings (SSSR count). The van der Waals surface area contributed by atoms with Gasteiger partial charge in [0.25, 0.3) is 5.91 Å². The summed E-state index contributed by atoms with van der Waals surface area (Å²) in [6, 6.07) is 12.2. The number of rotatable bonds is 7. The third-order valence-electron chi connectivity index (χ3n) is 3.02. The summed E-state index contributed by atoms with van der Waals surface area (Å²) in [5.41, 5.74) is 3.70. The molecule has 0 heterocycles. The smallest absolute Gasteiger partial charge is 0.271 e. The van der Waals surface area contributed by atoms with Crippen LogP contribution in [0, 0.1) is 0 Å². The largest absolute Gasteiger partial charge is 0.495 e. The van der Waals surface area contributed by atoms with E-state index in [1.54, 1.807) is 18.3 Å². The Kier molecular flexibility index (Phi) is 7.08. The van der Waals surface area contributed by atoms with Crippen molar-refractivity contribution in [3.63, 3.8) is 0 Å². The SMILES string of the molecule is COc1ccc(C(=O)N/N=C/c2ccc(OCCBr)cc2)cc1Cl. The predicted octanol–water partition coefficient (Wildman–Crippen LogP) is 3.89. The monoisotopic (exact) mass is 410 g/mol. The Hall–Kier alpha value is -2.05. The Bertz CT molecular complexity index is 720. The Balaban J connectivity index is 1.93. The Labute approximate surface area is 153 Å². The second-order valence-electron chi connectivity index (χ2n) is 4.65. The second-order valence-corrected chi connectivity index (χ2v) is 5.86. The lowest BCUT2D eigenvalue weighted by Gasteiger charge is -2.05. The van der Waals surface area contributed by atoms with Gasteiger partial charge in [0.15, 0.2) is 0 Å². The van der Waals surface area contributed by atoms with Crippen molar-refractivity contribution in [1.82, 2.24) is 5.43 Å². The molecule has 0 aliphatic heterocycles. The van der Waals surface area contributed by atoms with Crippen molar-refractivity contribution < 1.29 is 14.3 Å². The fraction of sp³-hybridized carbons (Fsp3) is 0.176. The maximum Gasteiger partial charge on any atom is 0.271 e. The number of hydrogen-bond acceptors (Lipinski definition) is 4. The number of alkyl halides is 1. The fourth-order valence-electron chi connectivity index (χ4n) is 1.84. The Morgan fingerprint density at radius 1 is 1.29 bits per heavy atom. The normalized spacial score (nSPS) is 10.6. The van der Waals surface area contributed by atoms with Crippen LogP contribution in [0.15, 0.2) is 47.6 Å². The lowest BCUT2D eigenvalue weighted by molar-refractivity contribution is 0.0955. The van der Waals surface area contributed by atoms with Crippen LogP contribution < -0.4 is 14.9 Å². The standard InChI is InChI=1S/C17H16BrClN2O3/c1-23-16-7-4-13(10-15(16)19)17(22)21-20-11-12-2-5-14(6-3-12)24-9-8-18/h2-7,10-11H,8-9H2,1H3,(H,21,22)/b20-11+. The minimum atomic E-state index is -0.354. The van der Waals surface area contributed by atoms with E-state index in [1.807, 2.05) is 24.3 Å². The summed E-state index contributed by atoms with van der Waals surface area (Å²) in [7, 11) is 1.52. The molecule has 2 aromatic carbocycles. The number of carbonyl (C=O) groups is 1. The molecule has 0 aliphatic carbocycles. The van der Waals surface area contributed by atoms with Gasteiger partial charge >= 0.3 is 0 Å². The molecular weight excluding hydrogens is 396 g/mol. The van der Waals surface area contributed by atoms with E-state index in [0.29, 0.717) is 22.9 Å². The number of halogens is 2. The number of nitrogens with one attached hydrogen (secondary N) is 1. The number of carbonyl (C=O) groups excluding carboxylic acids is 1. The molecule has 0 bridgehead atoms. The highest BCUT2D eigenvalue weighted by Crippen LogP contribution is 2.24. The van der Waals surface area contributed by atoms with E-state index >= 15 is 0 Å². The molecule has 0 saturated heterocycles. The van der Waals surface area contributed by atoms with Crippen LogP contribution >= 0.6 is 27.5 Å². The maximum atomic E-state index is 12.0. The highest BCUT2D eigenvalue weighted by atomic mass is 79.9. The number of benzene rings is 2. The first-order chi connectivity index (χ1) is 11.6. The molecule has 2 aromatic rings. The summed E-state index contributed by atoms with van der Waals surface area (Å²) in [5, 5.41) is 5.08. The molecule has 0 spiro atoms. The zero-order valence-electron chi connectivity index (χ0n) is 13.0. The van der Waals surface area contributed by atoms with Crippen molar-refractivity contribution in [1.29, 1.82) is 0 Å². The molecule has 0 saturated carbocycles. The van der Waals surface area contributed by atoms with Gasteiger partial charge in [0.2, 0.25) is 0 Å². The molecule has 0 radical (unpaired) electrons. The van der Waals surface area contributed by atoms with Gasteiger partial charge in [0.05, 0.1) is 25.0 Å². The van der Waals surface area contributed by atoms with Crippen LogP contribution in [-0.2, 0) is 0 Å². The van der Waals surface area contributed by atoms with Gasteiger partial charge < -0.3 is 9.47 Å². The molecular formula is C17H16BrClN2O3. The molecule has 0 aliphatic rings. The van der Waals surface area contributed by atoms with Crippen molar-refractivity contribution in [2.75, 3.05) is 19.0 Å². The summed E-state index contributed by atoms with van der Waals surface area (Å²) in [4.78, 5) is 12.0. The highest BCUT2D eigenvalue weighted by molar-refractivity contribution is 9.09. The number of hydrazone groups is 1. The van der Waals surface area contributed by atoms with Gasteiger partial charge in [0, 0.05) is 10.9 Å². The first-order valence-corrected chi connectivity index (χ1v) is 8.59. The average Bonchev–Trinajstić information content (AvgIpc) is 2.60. The van der Waals surface area contributed by atoms with Gasteiger partial charge in [-0.15, -0.1) is 0 Å². The average molecular weight is 412 g/mol. The number of hydrogen-bond donors (Lipinski definition) is 1. The maximum absolute atomic E-state index is 12.0. The number of nitrogens with zero attached hydrogens (tertiary/aromatic N) is 1. The van der Waals surface area contributed by atoms with E-state index in [2.05, 4.69) is 26.5 Å². The van der Waals surface area contributed by atoms with Crippen LogP contribution in [0.25, 0.3) is 0 Å². The Morgan fingerprint density at radius 3 is 2.67 bits per heavy atom. The van der Waals surface area contributed by atoms with E-state index in [9.17, 15) is 4.79 Å². The summed E-state index contributed by atoms with van der Waals surface area (Å²) in [6.45, 7) is 0.605. The second kappa shape index (κ2) is 9.30. The number of methoxy groups -OCH3 is 1. The van der Waals surface area contributed by atoms with E-state index in [0.717, 1.165) is 16.6 Å². The molecule has 1 amide bonds. The third kappa shape index (κ3) is 5.25. The van der Waals surface area contributed by atoms with Gasteiger partial charge in [0.1, 0.15) is 11.5 Å². The number of ether oxygens (including phenoxy) is 2. The first-order valence-electron chi connectivity index (χ1n) is 7.10. The summed E-state index contributed by atoms with van der Waals surface area (Å²) < 4.78 is 10.5. The van der Waals surface area contributed by atoms with Crippen LogP contribution in [0.4, 0.5) is 0 Å². The van der Waals surface area contributed by atoms with Crippen molar-refractivity contribution in [3.05, 3.63) is 58.6 Å². The molecule has 0 aromatic heterocycles. The van der Waals surface area contributed by atoms with Crippen LogP contribution in [0.5, 0.6) is 11.5 Å². The minimum Gasteiger partial charge on any atom is -0.495 e. The molecule has 126 valence electrons. The summed E-state index contributed by atoms with van der Waals surface area (Å²) in [6.07, 6.45) is 1.55. The fourth-order valence-corrected chi connectivity index (χ4v) is 2.26. The third-order valence-corrected chi connectivity index (χ3v) is 3.64. The molecule has 0 unspecified atom stereocenters. The minimum absolute atomic E-state index is 0.354. The van der Waals surface area contributed by atoms with Crippen LogP contribution in [0.2, 0.25) is 5.02 Å². The van der Waals surface area contributed by atoms with Gasteiger partial charge in [-0.2, -0.15) is 5.10 Å². The lowest BCUT2D eigenvalue weighted by Crippen LogP contribution is -2.17. The van der Waals surface area contributed by atoms with Crippen LogP contribution in [-0.4, -0.2) is 31.2 Å². The van der Waals surface area contributed by atoms with Gasteiger partial charge in [-0.3, -0.25) is 4.79 Å². The van der Waals surface area contributed by atoms with Crippen molar-refractivity contribution in [3.8, 4) is 11.5 Å². The summed E-state index contributed by atoms with van der Waals surface area (Å²) in [5.74, 6) is 0.940. The van der Waals surface area contributed by atoms with E-state index in [-0.39, 0.29) is 5.91 Å². The molecule has 7 heteroatoms. The van der Waals surface area contributed by atoms with Crippen molar-refractivity contribution >= 4 is 39.7 Å². The molecule has 5 nitrogen and oxygen atoms in total. The van der Waals surface area contributed by atoms with Crippen molar-refractivity contribution in [2.45, 2.75) is 0 Å². The van der Waals surface area contributed by atoms with Gasteiger partial charge in [-0.1, -0.05) is 27.5 Å². The predicted molar refractivity (Wildman–Crippen MR) is 98.8 cm³/mol. The quantitative estimate of drug-likeness (QED) is 0.427. The van der Waals surface area contributed by atoms with Crippen molar-refractivity contribution in [2.24, 2.45) is 5.10 Å². The zero-order valence-corrected chi connectivity index (χ0v) is 15.3.